The molecule has 7 nitrogen and oxygen atoms in total. The van der Waals surface area contributed by atoms with Gasteiger partial charge in [0.2, 0.25) is 0 Å². The van der Waals surface area contributed by atoms with Crippen molar-refractivity contribution in [1.29, 1.82) is 0 Å². The third-order valence-electron chi connectivity index (χ3n) is 2.93. The zero-order valence-corrected chi connectivity index (χ0v) is 10.2. The molecule has 0 radical (unpaired) electrons. The molecule has 1 aliphatic heterocycles. The summed E-state index contributed by atoms with van der Waals surface area (Å²) >= 11 is 0. The highest BCUT2D eigenvalue weighted by Crippen LogP contribution is 2.16. The number of benzene rings is 1. The maximum absolute atomic E-state index is 12.2. The Morgan fingerprint density at radius 1 is 1.58 bits per heavy atom. The molecule has 1 unspecified atom stereocenters. The molecule has 0 bridgehead atoms. The Balaban J connectivity index is 2.14. The fourth-order valence-electron chi connectivity index (χ4n) is 1.95. The molecule has 0 saturated carbocycles. The maximum atomic E-state index is 12.2. The lowest BCUT2D eigenvalue weighted by Crippen LogP contribution is -2.46. The van der Waals surface area contributed by atoms with Gasteiger partial charge in [-0.3, -0.25) is 14.9 Å². The Morgan fingerprint density at radius 2 is 2.37 bits per heavy atom. The first-order valence-corrected chi connectivity index (χ1v) is 5.88. The summed E-state index contributed by atoms with van der Waals surface area (Å²) in [4.78, 5) is 23.9. The summed E-state index contributed by atoms with van der Waals surface area (Å²) in [5, 5.41) is 19.7. The minimum atomic E-state index is -0.535. The van der Waals surface area contributed by atoms with Gasteiger partial charge < -0.3 is 14.7 Å². The zero-order chi connectivity index (χ0) is 13.8. The van der Waals surface area contributed by atoms with Gasteiger partial charge in [-0.25, -0.2) is 0 Å². The molecule has 1 atom stereocenters. The van der Waals surface area contributed by atoms with E-state index in [0.29, 0.717) is 13.2 Å². The fourth-order valence-corrected chi connectivity index (χ4v) is 1.95. The predicted octanol–water partition coefficient (Wildman–Crippen LogP) is 0.428. The zero-order valence-electron chi connectivity index (χ0n) is 10.2. The quantitative estimate of drug-likeness (QED) is 0.632. The first-order chi connectivity index (χ1) is 9.11. The standard InChI is InChI=1S/C12H14N2O5/c15-8-11-7-13(4-5-19-11)12(16)9-2-1-3-10(6-9)14(17)18/h1-3,6,11,15H,4-5,7-8H2. The molecule has 0 aromatic heterocycles. The van der Waals surface area contributed by atoms with Crippen LogP contribution in [0, 0.1) is 10.1 Å². The number of nitro groups is 1. The highest BCUT2D eigenvalue weighted by atomic mass is 16.6. The van der Waals surface area contributed by atoms with E-state index in [9.17, 15) is 14.9 Å². The predicted molar refractivity (Wildman–Crippen MR) is 65.8 cm³/mol. The largest absolute Gasteiger partial charge is 0.394 e. The van der Waals surface area contributed by atoms with Crippen LogP contribution in [0.3, 0.4) is 0 Å². The Morgan fingerprint density at radius 3 is 3.05 bits per heavy atom. The van der Waals surface area contributed by atoms with Gasteiger partial charge in [0.15, 0.2) is 0 Å². The van der Waals surface area contributed by atoms with E-state index < -0.39 is 11.0 Å². The van der Waals surface area contributed by atoms with Gasteiger partial charge in [-0.1, -0.05) is 6.07 Å². The van der Waals surface area contributed by atoms with E-state index in [0.717, 1.165) is 0 Å². The summed E-state index contributed by atoms with van der Waals surface area (Å²) in [6.07, 6.45) is -0.392. The van der Waals surface area contributed by atoms with Crippen molar-refractivity contribution < 1.29 is 19.6 Å². The number of hydrogen-bond donors (Lipinski definition) is 1. The minimum Gasteiger partial charge on any atom is -0.394 e. The van der Waals surface area contributed by atoms with Gasteiger partial charge in [0.05, 0.1) is 24.2 Å². The molecule has 1 aromatic rings. The molecule has 0 aliphatic carbocycles. The van der Waals surface area contributed by atoms with Gasteiger partial charge in [-0.15, -0.1) is 0 Å². The van der Waals surface area contributed by atoms with Crippen molar-refractivity contribution in [3.05, 3.63) is 39.9 Å². The van der Waals surface area contributed by atoms with E-state index in [4.69, 9.17) is 9.84 Å². The molecule has 102 valence electrons. The number of ether oxygens (including phenoxy) is 1. The fraction of sp³-hybridized carbons (Fsp3) is 0.417. The second-order valence-corrected chi connectivity index (χ2v) is 4.23. The molecule has 1 saturated heterocycles. The SMILES string of the molecule is O=C(c1cccc([N+](=O)[O-])c1)N1CCOC(CO)C1. The molecule has 1 aliphatic rings. The van der Waals surface area contributed by atoms with E-state index in [1.807, 2.05) is 0 Å². The number of carbonyl (C=O) groups excluding carboxylic acids is 1. The molecule has 1 heterocycles. The number of nitro benzene ring substituents is 1. The Bertz CT molecular complexity index is 491. The number of rotatable bonds is 3. The lowest BCUT2D eigenvalue weighted by atomic mass is 10.1. The summed E-state index contributed by atoms with van der Waals surface area (Å²) in [7, 11) is 0. The van der Waals surface area contributed by atoms with Crippen molar-refractivity contribution in [3.63, 3.8) is 0 Å². The third kappa shape index (κ3) is 3.07. The van der Waals surface area contributed by atoms with Crippen LogP contribution in [-0.2, 0) is 4.74 Å². The van der Waals surface area contributed by atoms with Crippen LogP contribution in [0.1, 0.15) is 10.4 Å². The number of aliphatic hydroxyl groups excluding tert-OH is 1. The van der Waals surface area contributed by atoms with Crippen molar-refractivity contribution in [2.45, 2.75) is 6.10 Å². The third-order valence-corrected chi connectivity index (χ3v) is 2.93. The van der Waals surface area contributed by atoms with Crippen LogP contribution < -0.4 is 0 Å². The van der Waals surface area contributed by atoms with Crippen LogP contribution >= 0.6 is 0 Å². The Labute approximate surface area is 109 Å². The van der Waals surface area contributed by atoms with Crippen LogP contribution in [0.5, 0.6) is 0 Å². The smallest absolute Gasteiger partial charge is 0.270 e. The van der Waals surface area contributed by atoms with E-state index >= 15 is 0 Å². The Kier molecular flexibility index (Phi) is 4.08. The van der Waals surface area contributed by atoms with Crippen molar-refractivity contribution >= 4 is 11.6 Å². The lowest BCUT2D eigenvalue weighted by Gasteiger charge is -2.32. The molecule has 1 amide bonds. The normalized spacial score (nSPS) is 19.2. The minimum absolute atomic E-state index is 0.113. The van der Waals surface area contributed by atoms with Gasteiger partial charge >= 0.3 is 0 Å². The van der Waals surface area contributed by atoms with Crippen LogP contribution in [-0.4, -0.2) is 53.2 Å². The summed E-state index contributed by atoms with van der Waals surface area (Å²) in [5.41, 5.74) is 0.158. The summed E-state index contributed by atoms with van der Waals surface area (Å²) < 4.78 is 5.25. The highest BCUT2D eigenvalue weighted by Gasteiger charge is 2.25. The van der Waals surface area contributed by atoms with Gasteiger partial charge in [0, 0.05) is 30.8 Å². The summed E-state index contributed by atoms with van der Waals surface area (Å²) in [6.45, 7) is 0.903. The molecule has 0 spiro atoms. The van der Waals surface area contributed by atoms with Gasteiger partial charge in [0.25, 0.3) is 11.6 Å². The van der Waals surface area contributed by atoms with Crippen molar-refractivity contribution in [3.8, 4) is 0 Å². The summed E-state index contributed by atoms with van der Waals surface area (Å²) in [5.74, 6) is -0.287. The van der Waals surface area contributed by atoms with E-state index in [2.05, 4.69) is 0 Å². The molecule has 7 heteroatoms. The number of aliphatic hydroxyl groups is 1. The van der Waals surface area contributed by atoms with Gasteiger partial charge in [-0.05, 0) is 6.07 Å². The van der Waals surface area contributed by atoms with Crippen molar-refractivity contribution in [2.75, 3.05) is 26.3 Å². The van der Waals surface area contributed by atoms with E-state index in [-0.39, 0.29) is 30.3 Å². The van der Waals surface area contributed by atoms with E-state index in [1.54, 1.807) is 6.07 Å². The molecule has 1 fully saturated rings. The summed E-state index contributed by atoms with van der Waals surface area (Å²) in [6, 6.07) is 5.62. The number of nitrogens with zero attached hydrogens (tertiary/aromatic N) is 2. The molecule has 2 rings (SSSR count). The first-order valence-electron chi connectivity index (χ1n) is 5.88. The average Bonchev–Trinajstić information content (AvgIpc) is 2.46. The van der Waals surface area contributed by atoms with E-state index in [1.165, 1.54) is 23.1 Å². The number of morpholine rings is 1. The topological polar surface area (TPSA) is 92.9 Å². The second kappa shape index (κ2) is 5.77. The van der Waals surface area contributed by atoms with Crippen LogP contribution in [0.4, 0.5) is 5.69 Å². The monoisotopic (exact) mass is 266 g/mol. The molecular weight excluding hydrogens is 252 g/mol. The second-order valence-electron chi connectivity index (χ2n) is 4.23. The van der Waals surface area contributed by atoms with Gasteiger partial charge in [-0.2, -0.15) is 0 Å². The molecule has 19 heavy (non-hydrogen) atoms. The number of amides is 1. The maximum Gasteiger partial charge on any atom is 0.270 e. The molecule has 1 N–H and O–H groups in total. The average molecular weight is 266 g/mol. The van der Waals surface area contributed by atoms with Crippen LogP contribution in [0.2, 0.25) is 0 Å². The number of carbonyl (C=O) groups is 1. The van der Waals surface area contributed by atoms with Crippen LogP contribution in [0.25, 0.3) is 0 Å². The first kappa shape index (κ1) is 13.4. The van der Waals surface area contributed by atoms with Crippen molar-refractivity contribution in [1.82, 2.24) is 4.90 Å². The molecular formula is C12H14N2O5. The number of non-ortho nitro benzene ring substituents is 1. The van der Waals surface area contributed by atoms with Crippen molar-refractivity contribution in [2.24, 2.45) is 0 Å². The lowest BCUT2D eigenvalue weighted by molar-refractivity contribution is -0.384. The molecule has 1 aromatic carbocycles. The van der Waals surface area contributed by atoms with Gasteiger partial charge in [0.1, 0.15) is 0 Å². The van der Waals surface area contributed by atoms with Crippen LogP contribution in [0.15, 0.2) is 24.3 Å². The highest BCUT2D eigenvalue weighted by molar-refractivity contribution is 5.94. The number of hydrogen-bond acceptors (Lipinski definition) is 5. The Hall–Kier alpha value is -1.99.